The Bertz CT molecular complexity index is 3430. The van der Waals surface area contributed by atoms with Gasteiger partial charge in [-0.3, -0.25) is 0 Å². The van der Waals surface area contributed by atoms with E-state index in [4.69, 9.17) is 8.83 Å². The van der Waals surface area contributed by atoms with Crippen LogP contribution in [0.3, 0.4) is 0 Å². The first-order valence-electron chi connectivity index (χ1n) is 20.7. The van der Waals surface area contributed by atoms with E-state index in [0.717, 1.165) is 77.6 Å². The van der Waals surface area contributed by atoms with Crippen LogP contribution in [-0.2, 0) is 5.41 Å². The number of para-hydroxylation sites is 1. The summed E-state index contributed by atoms with van der Waals surface area (Å²) in [5.74, 6) is 0. The molecule has 12 rings (SSSR count). The quantitative estimate of drug-likeness (QED) is 0.169. The fourth-order valence-electron chi connectivity index (χ4n) is 9.68. The lowest BCUT2D eigenvalue weighted by molar-refractivity contribution is 0.660. The van der Waals surface area contributed by atoms with E-state index in [-0.39, 0.29) is 5.41 Å². The summed E-state index contributed by atoms with van der Waals surface area (Å²) in [6.07, 6.45) is 0. The van der Waals surface area contributed by atoms with Gasteiger partial charge in [-0.1, -0.05) is 166 Å². The van der Waals surface area contributed by atoms with E-state index >= 15 is 0 Å². The van der Waals surface area contributed by atoms with Gasteiger partial charge in [0.1, 0.15) is 22.3 Å². The maximum Gasteiger partial charge on any atom is 0.143 e. The van der Waals surface area contributed by atoms with Gasteiger partial charge in [0.05, 0.1) is 11.1 Å². The van der Waals surface area contributed by atoms with Crippen LogP contribution in [-0.4, -0.2) is 0 Å². The van der Waals surface area contributed by atoms with Crippen molar-refractivity contribution >= 4 is 60.9 Å². The molecule has 1 aliphatic rings. The highest BCUT2D eigenvalue weighted by Crippen LogP contribution is 2.52. The highest BCUT2D eigenvalue weighted by molar-refractivity contribution is 6.19. The van der Waals surface area contributed by atoms with Gasteiger partial charge in [0.25, 0.3) is 0 Å². The molecule has 0 unspecified atom stereocenters. The molecule has 0 aliphatic heterocycles. The largest absolute Gasteiger partial charge is 0.456 e. The molecule has 2 heterocycles. The Morgan fingerprint density at radius 1 is 0.367 bits per heavy atom. The molecule has 0 saturated carbocycles. The predicted octanol–water partition coefficient (Wildman–Crippen LogP) is 16.3. The fourth-order valence-corrected chi connectivity index (χ4v) is 9.68. The SMILES string of the molecule is CC1(C)c2ccccc2-c2ccc(N(c3ccc(-c4ccc(-c5ccccc5)cc4)cc3)c3cccc4oc5cc6c(cc5c34)oc3c(-c4ccccc4)cccc36)cc21. The van der Waals surface area contributed by atoms with Crippen molar-refractivity contribution in [2.24, 2.45) is 0 Å². The van der Waals surface area contributed by atoms with E-state index in [2.05, 4.69) is 213 Å². The van der Waals surface area contributed by atoms with Gasteiger partial charge in [0.15, 0.2) is 0 Å². The molecule has 0 spiro atoms. The van der Waals surface area contributed by atoms with Crippen molar-refractivity contribution in [1.82, 2.24) is 0 Å². The zero-order valence-electron chi connectivity index (χ0n) is 33.3. The Morgan fingerprint density at radius 3 is 1.68 bits per heavy atom. The van der Waals surface area contributed by atoms with Gasteiger partial charge >= 0.3 is 0 Å². The molecule has 2 aromatic heterocycles. The van der Waals surface area contributed by atoms with E-state index in [0.29, 0.717) is 0 Å². The first kappa shape index (κ1) is 34.4. The summed E-state index contributed by atoms with van der Waals surface area (Å²) < 4.78 is 13.5. The van der Waals surface area contributed by atoms with Gasteiger partial charge < -0.3 is 13.7 Å². The Hall–Kier alpha value is -7.62. The number of benzene rings is 9. The van der Waals surface area contributed by atoms with Crippen LogP contribution in [0.5, 0.6) is 0 Å². The molecule has 1 aliphatic carbocycles. The molecule has 0 amide bonds. The van der Waals surface area contributed by atoms with Gasteiger partial charge in [-0.05, 0) is 98.6 Å². The second kappa shape index (κ2) is 13.2. The minimum atomic E-state index is -0.150. The third-order valence-electron chi connectivity index (χ3n) is 12.7. The van der Waals surface area contributed by atoms with Crippen molar-refractivity contribution in [3.8, 4) is 44.5 Å². The molecule has 0 radical (unpaired) electrons. The van der Waals surface area contributed by atoms with Gasteiger partial charge in [-0.15, -0.1) is 0 Å². The number of hydrogen-bond donors (Lipinski definition) is 0. The summed E-state index contributed by atoms with van der Waals surface area (Å²) in [7, 11) is 0. The zero-order valence-corrected chi connectivity index (χ0v) is 33.3. The fraction of sp³-hybridized carbons (Fsp3) is 0.0526. The van der Waals surface area contributed by atoms with Crippen molar-refractivity contribution in [2.45, 2.75) is 19.3 Å². The first-order valence-corrected chi connectivity index (χ1v) is 20.7. The van der Waals surface area contributed by atoms with Crippen molar-refractivity contribution in [2.75, 3.05) is 4.90 Å². The third-order valence-corrected chi connectivity index (χ3v) is 12.7. The number of anilines is 3. The smallest absolute Gasteiger partial charge is 0.143 e. The topological polar surface area (TPSA) is 29.5 Å². The molecule has 11 aromatic rings. The van der Waals surface area contributed by atoms with Crippen LogP contribution in [0.4, 0.5) is 17.1 Å². The minimum absolute atomic E-state index is 0.150. The molecule has 0 fully saturated rings. The highest BCUT2D eigenvalue weighted by atomic mass is 16.3. The average Bonchev–Trinajstić information content (AvgIpc) is 3.93. The standard InChI is InChI=1S/C57H39NO2/c1-57(2)49-20-10-9-17-44(49)45-32-31-42(33-50(45)57)58(41-29-27-39(28-30-41)38-25-23-37(24-26-38)36-13-5-3-6-14-36)51-21-12-22-52-55(51)48-35-53-47(34-54(48)59-52)46-19-11-18-43(56(46)60-53)40-15-7-4-8-16-40/h3-35H,1-2H3. The lowest BCUT2D eigenvalue weighted by Crippen LogP contribution is -2.16. The van der Waals surface area contributed by atoms with Crippen LogP contribution in [0, 0.1) is 0 Å². The maximum absolute atomic E-state index is 6.77. The van der Waals surface area contributed by atoms with E-state index in [1.165, 1.54) is 38.9 Å². The molecule has 3 nitrogen and oxygen atoms in total. The summed E-state index contributed by atoms with van der Waals surface area (Å²) in [4.78, 5) is 2.40. The Kier molecular flexibility index (Phi) is 7.58. The summed E-state index contributed by atoms with van der Waals surface area (Å²) in [6, 6.07) is 71.8. The number of fused-ring (bicyclic) bond motifs is 9. The molecule has 9 aromatic carbocycles. The normalized spacial score (nSPS) is 13.0. The molecule has 0 bridgehead atoms. The van der Waals surface area contributed by atoms with E-state index in [1.807, 2.05) is 6.07 Å². The summed E-state index contributed by atoms with van der Waals surface area (Å²) in [5.41, 5.74) is 18.7. The second-order valence-electron chi connectivity index (χ2n) is 16.5. The first-order chi connectivity index (χ1) is 29.5. The Balaban J connectivity index is 1.03. The van der Waals surface area contributed by atoms with Gasteiger partial charge in [-0.25, -0.2) is 0 Å². The van der Waals surface area contributed by atoms with E-state index in [1.54, 1.807) is 0 Å². The molecule has 0 atom stereocenters. The molecule has 0 saturated heterocycles. The highest BCUT2D eigenvalue weighted by Gasteiger charge is 2.36. The average molecular weight is 770 g/mol. The van der Waals surface area contributed by atoms with Crippen molar-refractivity contribution < 1.29 is 8.83 Å². The molecular weight excluding hydrogens is 731 g/mol. The van der Waals surface area contributed by atoms with Crippen molar-refractivity contribution in [1.29, 1.82) is 0 Å². The number of rotatable bonds is 6. The second-order valence-corrected chi connectivity index (χ2v) is 16.5. The van der Waals surface area contributed by atoms with Crippen LogP contribution < -0.4 is 4.90 Å². The summed E-state index contributed by atoms with van der Waals surface area (Å²) in [5, 5.41) is 4.18. The van der Waals surface area contributed by atoms with Crippen LogP contribution in [0.1, 0.15) is 25.0 Å². The van der Waals surface area contributed by atoms with E-state index in [9.17, 15) is 0 Å². The van der Waals surface area contributed by atoms with Crippen LogP contribution in [0.15, 0.2) is 209 Å². The Labute approximate surface area is 348 Å². The minimum Gasteiger partial charge on any atom is -0.456 e. The van der Waals surface area contributed by atoms with Gasteiger partial charge in [0.2, 0.25) is 0 Å². The van der Waals surface area contributed by atoms with E-state index < -0.39 is 0 Å². The van der Waals surface area contributed by atoms with Crippen LogP contribution in [0.2, 0.25) is 0 Å². The molecule has 3 heteroatoms. The third kappa shape index (κ3) is 5.29. The number of hydrogen-bond acceptors (Lipinski definition) is 3. The summed E-state index contributed by atoms with van der Waals surface area (Å²) in [6.45, 7) is 4.69. The van der Waals surface area contributed by atoms with Crippen LogP contribution >= 0.6 is 0 Å². The number of furan rings is 2. The molecule has 60 heavy (non-hydrogen) atoms. The molecule has 0 N–H and O–H groups in total. The lowest BCUT2D eigenvalue weighted by Gasteiger charge is -2.28. The molecular formula is C57H39NO2. The molecule has 284 valence electrons. The summed E-state index contributed by atoms with van der Waals surface area (Å²) >= 11 is 0. The Morgan fingerprint density at radius 2 is 0.933 bits per heavy atom. The zero-order chi connectivity index (χ0) is 40.0. The van der Waals surface area contributed by atoms with Crippen LogP contribution in [0.25, 0.3) is 88.4 Å². The lowest BCUT2D eigenvalue weighted by atomic mass is 9.82. The monoisotopic (exact) mass is 769 g/mol. The van der Waals surface area contributed by atoms with Crippen molar-refractivity contribution in [3.63, 3.8) is 0 Å². The predicted molar refractivity (Wildman–Crippen MR) is 250 cm³/mol. The van der Waals surface area contributed by atoms with Gasteiger partial charge in [-0.2, -0.15) is 0 Å². The maximum atomic E-state index is 6.77. The van der Waals surface area contributed by atoms with Crippen molar-refractivity contribution in [3.05, 3.63) is 211 Å². The van der Waals surface area contributed by atoms with Gasteiger partial charge in [0, 0.05) is 38.5 Å². The number of nitrogens with zero attached hydrogens (tertiary/aromatic N) is 1.